The Bertz CT molecular complexity index is 981. The summed E-state index contributed by atoms with van der Waals surface area (Å²) in [5, 5.41) is 2.79. The number of aromatic nitrogens is 2. The second-order valence-electron chi connectivity index (χ2n) is 6.71. The number of aromatic amines is 1. The summed E-state index contributed by atoms with van der Waals surface area (Å²) in [6, 6.07) is 17.7. The van der Waals surface area contributed by atoms with Gasteiger partial charge in [0.1, 0.15) is 11.4 Å². The van der Waals surface area contributed by atoms with Crippen LogP contribution in [0.15, 0.2) is 65.6 Å². The number of carbonyl (C=O) groups is 1. The van der Waals surface area contributed by atoms with Crippen molar-refractivity contribution in [1.29, 1.82) is 0 Å². The Hall–Kier alpha value is -3.41. The van der Waals surface area contributed by atoms with Gasteiger partial charge in [-0.3, -0.25) is 9.59 Å². The highest BCUT2D eigenvalue weighted by atomic mass is 16.2. The van der Waals surface area contributed by atoms with Crippen molar-refractivity contribution in [3.8, 4) is 11.4 Å². The standard InChI is InChI=1S/C22H24N4O2/c1-16-9-11-17(12-10-16)20-24-15-19(22(28)25-20)21(27)23-13-6-14-26(2)18-7-4-3-5-8-18/h3-5,7-12,15H,6,13-14H2,1-2H3,(H,23,27)(H,24,25,28). The molecular formula is C22H24N4O2. The molecule has 0 spiro atoms. The maximum atomic E-state index is 12.3. The van der Waals surface area contributed by atoms with Crippen LogP contribution in [0.25, 0.3) is 11.4 Å². The molecule has 1 heterocycles. The number of nitrogens with zero attached hydrogens (tertiary/aromatic N) is 2. The van der Waals surface area contributed by atoms with Crippen molar-refractivity contribution < 1.29 is 4.79 Å². The molecule has 0 atom stereocenters. The fourth-order valence-electron chi connectivity index (χ4n) is 2.84. The van der Waals surface area contributed by atoms with Crippen LogP contribution in [-0.4, -0.2) is 36.0 Å². The summed E-state index contributed by atoms with van der Waals surface area (Å²) in [4.78, 5) is 33.6. The predicted molar refractivity (Wildman–Crippen MR) is 112 cm³/mol. The molecule has 1 amide bonds. The number of hydrogen-bond acceptors (Lipinski definition) is 4. The average Bonchev–Trinajstić information content (AvgIpc) is 2.72. The number of hydrogen-bond donors (Lipinski definition) is 2. The molecule has 0 aliphatic carbocycles. The second kappa shape index (κ2) is 8.99. The van der Waals surface area contributed by atoms with Gasteiger partial charge in [0.2, 0.25) is 0 Å². The first kappa shape index (κ1) is 19.4. The third kappa shape index (κ3) is 4.85. The molecule has 2 aromatic carbocycles. The van der Waals surface area contributed by atoms with Crippen molar-refractivity contribution in [2.75, 3.05) is 25.0 Å². The fraction of sp³-hybridized carbons (Fsp3) is 0.227. The molecule has 28 heavy (non-hydrogen) atoms. The van der Waals surface area contributed by atoms with E-state index in [2.05, 4.69) is 20.2 Å². The molecule has 0 bridgehead atoms. The molecule has 2 N–H and O–H groups in total. The highest BCUT2D eigenvalue weighted by Crippen LogP contribution is 2.14. The minimum Gasteiger partial charge on any atom is -0.375 e. The molecule has 3 aromatic rings. The van der Waals surface area contributed by atoms with Crippen LogP contribution in [0.5, 0.6) is 0 Å². The van der Waals surface area contributed by atoms with E-state index in [1.165, 1.54) is 6.20 Å². The fourth-order valence-corrected chi connectivity index (χ4v) is 2.84. The van der Waals surface area contributed by atoms with E-state index in [0.717, 1.165) is 29.8 Å². The molecule has 6 heteroatoms. The first-order valence-electron chi connectivity index (χ1n) is 9.25. The van der Waals surface area contributed by atoms with E-state index in [0.29, 0.717) is 12.4 Å². The third-order valence-corrected chi connectivity index (χ3v) is 4.52. The van der Waals surface area contributed by atoms with Crippen LogP contribution >= 0.6 is 0 Å². The molecule has 0 unspecified atom stereocenters. The van der Waals surface area contributed by atoms with E-state index in [-0.39, 0.29) is 5.56 Å². The molecule has 0 aliphatic rings. The van der Waals surface area contributed by atoms with Gasteiger partial charge in [0.25, 0.3) is 11.5 Å². The maximum absolute atomic E-state index is 12.3. The quantitative estimate of drug-likeness (QED) is 0.622. The van der Waals surface area contributed by atoms with Crippen molar-refractivity contribution in [2.24, 2.45) is 0 Å². The summed E-state index contributed by atoms with van der Waals surface area (Å²) >= 11 is 0. The zero-order valence-electron chi connectivity index (χ0n) is 16.1. The molecule has 0 fully saturated rings. The van der Waals surface area contributed by atoms with Crippen LogP contribution in [-0.2, 0) is 0 Å². The van der Waals surface area contributed by atoms with E-state index in [9.17, 15) is 9.59 Å². The Labute approximate surface area is 164 Å². The predicted octanol–water partition coefficient (Wildman–Crippen LogP) is 3.00. The minimum absolute atomic E-state index is 0.0206. The second-order valence-corrected chi connectivity index (χ2v) is 6.71. The Morgan fingerprint density at radius 3 is 2.50 bits per heavy atom. The number of amides is 1. The Kier molecular flexibility index (Phi) is 6.22. The zero-order valence-corrected chi connectivity index (χ0v) is 16.1. The number of para-hydroxylation sites is 1. The van der Waals surface area contributed by atoms with Crippen molar-refractivity contribution in [1.82, 2.24) is 15.3 Å². The van der Waals surface area contributed by atoms with Crippen molar-refractivity contribution in [3.05, 3.63) is 82.3 Å². The molecule has 0 saturated heterocycles. The van der Waals surface area contributed by atoms with Crippen molar-refractivity contribution >= 4 is 11.6 Å². The van der Waals surface area contributed by atoms with E-state index in [1.54, 1.807) is 0 Å². The molecule has 6 nitrogen and oxygen atoms in total. The van der Waals surface area contributed by atoms with E-state index in [4.69, 9.17) is 0 Å². The largest absolute Gasteiger partial charge is 0.375 e. The molecular weight excluding hydrogens is 352 g/mol. The number of H-pyrrole nitrogens is 1. The van der Waals surface area contributed by atoms with Gasteiger partial charge in [0, 0.05) is 37.6 Å². The normalized spacial score (nSPS) is 10.5. The van der Waals surface area contributed by atoms with Crippen LogP contribution in [0.2, 0.25) is 0 Å². The first-order chi connectivity index (χ1) is 13.5. The average molecular weight is 376 g/mol. The lowest BCUT2D eigenvalue weighted by atomic mass is 10.1. The van der Waals surface area contributed by atoms with Crippen molar-refractivity contribution in [2.45, 2.75) is 13.3 Å². The Morgan fingerprint density at radius 1 is 1.11 bits per heavy atom. The molecule has 144 valence electrons. The van der Waals surface area contributed by atoms with Crippen LogP contribution in [0, 0.1) is 6.92 Å². The molecule has 0 aliphatic heterocycles. The van der Waals surface area contributed by atoms with Crippen LogP contribution in [0.4, 0.5) is 5.69 Å². The van der Waals surface area contributed by atoms with Crippen LogP contribution in [0.3, 0.4) is 0 Å². The number of nitrogens with one attached hydrogen (secondary N) is 2. The number of carbonyl (C=O) groups excluding carboxylic acids is 1. The number of anilines is 1. The number of rotatable bonds is 7. The van der Waals surface area contributed by atoms with Gasteiger partial charge in [-0.1, -0.05) is 48.0 Å². The van der Waals surface area contributed by atoms with Gasteiger partial charge in [-0.25, -0.2) is 4.98 Å². The van der Waals surface area contributed by atoms with Gasteiger partial charge in [-0.2, -0.15) is 0 Å². The highest BCUT2D eigenvalue weighted by Gasteiger charge is 2.12. The number of benzene rings is 2. The van der Waals surface area contributed by atoms with E-state index < -0.39 is 11.5 Å². The summed E-state index contributed by atoms with van der Waals surface area (Å²) < 4.78 is 0. The molecule has 0 saturated carbocycles. The van der Waals surface area contributed by atoms with E-state index in [1.807, 2.05) is 68.6 Å². The third-order valence-electron chi connectivity index (χ3n) is 4.52. The lowest BCUT2D eigenvalue weighted by Crippen LogP contribution is -2.32. The van der Waals surface area contributed by atoms with Crippen LogP contribution < -0.4 is 15.8 Å². The summed E-state index contributed by atoms with van der Waals surface area (Å²) in [7, 11) is 2.01. The van der Waals surface area contributed by atoms with E-state index >= 15 is 0 Å². The highest BCUT2D eigenvalue weighted by molar-refractivity contribution is 5.93. The van der Waals surface area contributed by atoms with Gasteiger partial charge in [0.15, 0.2) is 0 Å². The molecule has 3 rings (SSSR count). The monoisotopic (exact) mass is 376 g/mol. The summed E-state index contributed by atoms with van der Waals surface area (Å²) in [5.41, 5.74) is 2.64. The zero-order chi connectivity index (χ0) is 19.9. The lowest BCUT2D eigenvalue weighted by Gasteiger charge is -2.19. The maximum Gasteiger partial charge on any atom is 0.264 e. The summed E-state index contributed by atoms with van der Waals surface area (Å²) in [6.07, 6.45) is 2.10. The molecule has 0 radical (unpaired) electrons. The van der Waals surface area contributed by atoms with Crippen LogP contribution in [0.1, 0.15) is 22.3 Å². The molecule has 1 aromatic heterocycles. The van der Waals surface area contributed by atoms with Crippen molar-refractivity contribution in [3.63, 3.8) is 0 Å². The van der Waals surface area contributed by atoms with Gasteiger partial charge < -0.3 is 15.2 Å². The van der Waals surface area contributed by atoms with Gasteiger partial charge in [0.05, 0.1) is 0 Å². The summed E-state index contributed by atoms with van der Waals surface area (Å²) in [6.45, 7) is 3.27. The summed E-state index contributed by atoms with van der Waals surface area (Å²) in [5.74, 6) is 0.0395. The topological polar surface area (TPSA) is 78.1 Å². The Balaban J connectivity index is 1.54. The Morgan fingerprint density at radius 2 is 1.82 bits per heavy atom. The number of aryl methyl sites for hydroxylation is 1. The SMILES string of the molecule is Cc1ccc(-c2ncc(C(=O)NCCCN(C)c3ccccc3)c(=O)[nH]2)cc1. The van der Waals surface area contributed by atoms with Gasteiger partial charge in [-0.05, 0) is 25.5 Å². The van der Waals surface area contributed by atoms with Gasteiger partial charge >= 0.3 is 0 Å². The van der Waals surface area contributed by atoms with Gasteiger partial charge in [-0.15, -0.1) is 0 Å². The first-order valence-corrected chi connectivity index (χ1v) is 9.25. The minimum atomic E-state index is -0.440. The lowest BCUT2D eigenvalue weighted by molar-refractivity contribution is 0.0951. The smallest absolute Gasteiger partial charge is 0.264 e.